The molecule has 0 fully saturated rings. The molecule has 0 unspecified atom stereocenters. The summed E-state index contributed by atoms with van der Waals surface area (Å²) in [7, 11) is 0. The normalized spacial score (nSPS) is 10.5. The minimum Gasteiger partial charge on any atom is -0.392 e. The number of aliphatic hydroxyl groups is 1. The maximum Gasteiger partial charge on any atom is 0.0696 e. The van der Waals surface area contributed by atoms with Gasteiger partial charge in [0.2, 0.25) is 0 Å². The van der Waals surface area contributed by atoms with Gasteiger partial charge in [-0.15, -0.1) is 0 Å². The second-order valence-corrected chi connectivity index (χ2v) is 5.46. The highest BCUT2D eigenvalue weighted by atomic mass is 35.5. The summed E-state index contributed by atoms with van der Waals surface area (Å²) in [6, 6.07) is 13.3. The van der Waals surface area contributed by atoms with Crippen molar-refractivity contribution in [2.75, 3.05) is 0 Å². The lowest BCUT2D eigenvalue weighted by atomic mass is 10.2. The van der Waals surface area contributed by atoms with E-state index in [1.807, 2.05) is 42.5 Å². The first-order valence-corrected chi connectivity index (χ1v) is 6.59. The van der Waals surface area contributed by atoms with Crippen LogP contribution in [0.25, 0.3) is 0 Å². The Morgan fingerprint density at radius 2 is 1.59 bits per heavy atom. The Hall–Kier alpha value is -0.670. The lowest BCUT2D eigenvalue weighted by Crippen LogP contribution is -1.84. The second-order valence-electron chi connectivity index (χ2n) is 3.47. The Morgan fingerprint density at radius 3 is 2.18 bits per heavy atom. The molecule has 0 radical (unpaired) electrons. The zero-order valence-corrected chi connectivity index (χ0v) is 11.2. The number of aliphatic hydroxyl groups excluding tert-OH is 1. The van der Waals surface area contributed by atoms with Crippen LogP contribution in [0.2, 0.25) is 10.0 Å². The molecule has 88 valence electrons. The van der Waals surface area contributed by atoms with E-state index in [2.05, 4.69) is 0 Å². The quantitative estimate of drug-likeness (QED) is 0.886. The predicted octanol–water partition coefficient (Wildman–Crippen LogP) is 4.64. The molecule has 0 amide bonds. The molecule has 0 aromatic heterocycles. The Labute approximate surface area is 114 Å². The third-order valence-corrected chi connectivity index (χ3v) is 3.85. The lowest BCUT2D eigenvalue weighted by molar-refractivity contribution is 0.282. The van der Waals surface area contributed by atoms with Gasteiger partial charge in [0.05, 0.1) is 6.61 Å². The minimum atomic E-state index is -0.0370. The van der Waals surface area contributed by atoms with Gasteiger partial charge in [-0.1, -0.05) is 41.0 Å². The van der Waals surface area contributed by atoms with E-state index < -0.39 is 0 Å². The van der Waals surface area contributed by atoms with Gasteiger partial charge in [-0.2, -0.15) is 0 Å². The van der Waals surface area contributed by atoms with Crippen molar-refractivity contribution in [3.8, 4) is 0 Å². The highest BCUT2D eigenvalue weighted by Crippen LogP contribution is 2.31. The molecule has 2 aromatic rings. The zero-order chi connectivity index (χ0) is 12.3. The van der Waals surface area contributed by atoms with Crippen LogP contribution in [-0.2, 0) is 6.61 Å². The average Bonchev–Trinajstić information content (AvgIpc) is 2.32. The Morgan fingerprint density at radius 1 is 0.941 bits per heavy atom. The van der Waals surface area contributed by atoms with Gasteiger partial charge in [-0.3, -0.25) is 0 Å². The standard InChI is InChI=1S/C13H10Cl2OS/c14-10-2-5-11(6-3-10)17-12-4-1-9(8-16)13(15)7-12/h1-7,16H,8H2. The number of hydrogen-bond donors (Lipinski definition) is 1. The molecule has 2 aromatic carbocycles. The van der Waals surface area contributed by atoms with Crippen LogP contribution in [0.3, 0.4) is 0 Å². The van der Waals surface area contributed by atoms with Gasteiger partial charge >= 0.3 is 0 Å². The van der Waals surface area contributed by atoms with Gasteiger partial charge in [0.25, 0.3) is 0 Å². The van der Waals surface area contributed by atoms with Gasteiger partial charge in [-0.25, -0.2) is 0 Å². The molecule has 0 spiro atoms. The molecule has 1 N–H and O–H groups in total. The molecule has 0 atom stereocenters. The molecule has 1 nitrogen and oxygen atoms in total. The van der Waals surface area contributed by atoms with Crippen LogP contribution < -0.4 is 0 Å². The SMILES string of the molecule is OCc1ccc(Sc2ccc(Cl)cc2)cc1Cl. The molecule has 0 bridgehead atoms. The van der Waals surface area contributed by atoms with E-state index >= 15 is 0 Å². The molecule has 0 aliphatic heterocycles. The van der Waals surface area contributed by atoms with E-state index in [0.29, 0.717) is 5.02 Å². The third kappa shape index (κ3) is 3.39. The van der Waals surface area contributed by atoms with Crippen molar-refractivity contribution in [2.24, 2.45) is 0 Å². The number of hydrogen-bond acceptors (Lipinski definition) is 2. The first-order chi connectivity index (χ1) is 8.19. The molecule has 0 heterocycles. The fraction of sp³-hybridized carbons (Fsp3) is 0.0769. The molecule has 2 rings (SSSR count). The molecule has 0 saturated heterocycles. The molecule has 17 heavy (non-hydrogen) atoms. The summed E-state index contributed by atoms with van der Waals surface area (Å²) in [6.45, 7) is -0.0370. The molecular formula is C13H10Cl2OS. The minimum absolute atomic E-state index is 0.0370. The predicted molar refractivity (Wildman–Crippen MR) is 72.9 cm³/mol. The van der Waals surface area contributed by atoms with Gasteiger partial charge < -0.3 is 5.11 Å². The topological polar surface area (TPSA) is 20.2 Å². The van der Waals surface area contributed by atoms with E-state index in [0.717, 1.165) is 20.4 Å². The maximum absolute atomic E-state index is 9.02. The van der Waals surface area contributed by atoms with Crippen LogP contribution in [0, 0.1) is 0 Å². The molecule has 4 heteroatoms. The monoisotopic (exact) mass is 284 g/mol. The summed E-state index contributed by atoms with van der Waals surface area (Å²) in [6.07, 6.45) is 0. The molecule has 0 aliphatic carbocycles. The van der Waals surface area contributed by atoms with E-state index in [9.17, 15) is 0 Å². The first-order valence-electron chi connectivity index (χ1n) is 5.02. The number of rotatable bonds is 3. The van der Waals surface area contributed by atoms with Gasteiger partial charge in [-0.05, 0) is 42.0 Å². The summed E-state index contributed by atoms with van der Waals surface area (Å²) >= 11 is 13.5. The summed E-state index contributed by atoms with van der Waals surface area (Å²) in [4.78, 5) is 2.14. The van der Waals surface area contributed by atoms with Crippen molar-refractivity contribution in [3.63, 3.8) is 0 Å². The summed E-state index contributed by atoms with van der Waals surface area (Å²) in [5, 5.41) is 10.3. The van der Waals surface area contributed by atoms with Crippen molar-refractivity contribution in [1.82, 2.24) is 0 Å². The van der Waals surface area contributed by atoms with Crippen molar-refractivity contribution >= 4 is 35.0 Å². The van der Waals surface area contributed by atoms with Crippen molar-refractivity contribution in [2.45, 2.75) is 16.4 Å². The summed E-state index contributed by atoms with van der Waals surface area (Å²) in [5.74, 6) is 0. The second kappa shape index (κ2) is 5.78. The largest absolute Gasteiger partial charge is 0.392 e. The highest BCUT2D eigenvalue weighted by molar-refractivity contribution is 7.99. The van der Waals surface area contributed by atoms with Gasteiger partial charge in [0.1, 0.15) is 0 Å². The fourth-order valence-corrected chi connectivity index (χ4v) is 2.65. The van der Waals surface area contributed by atoms with Crippen LogP contribution in [0.15, 0.2) is 52.3 Å². The maximum atomic E-state index is 9.02. The van der Waals surface area contributed by atoms with Crippen molar-refractivity contribution < 1.29 is 5.11 Å². The zero-order valence-electron chi connectivity index (χ0n) is 8.86. The van der Waals surface area contributed by atoms with E-state index in [-0.39, 0.29) is 6.61 Å². The van der Waals surface area contributed by atoms with Crippen LogP contribution in [-0.4, -0.2) is 5.11 Å². The fourth-order valence-electron chi connectivity index (χ4n) is 1.36. The first kappa shape index (κ1) is 12.8. The van der Waals surface area contributed by atoms with Crippen LogP contribution in [0.1, 0.15) is 5.56 Å². The van der Waals surface area contributed by atoms with Crippen molar-refractivity contribution in [3.05, 3.63) is 58.1 Å². The van der Waals surface area contributed by atoms with E-state index in [1.54, 1.807) is 11.8 Å². The van der Waals surface area contributed by atoms with Crippen LogP contribution in [0.5, 0.6) is 0 Å². The van der Waals surface area contributed by atoms with Crippen LogP contribution >= 0.6 is 35.0 Å². The Balaban J connectivity index is 2.19. The smallest absolute Gasteiger partial charge is 0.0696 e. The van der Waals surface area contributed by atoms with Crippen LogP contribution in [0.4, 0.5) is 0 Å². The van der Waals surface area contributed by atoms with Gasteiger partial charge in [0, 0.05) is 19.8 Å². The molecular weight excluding hydrogens is 275 g/mol. The highest BCUT2D eigenvalue weighted by Gasteiger charge is 2.02. The number of halogens is 2. The third-order valence-electron chi connectivity index (χ3n) is 2.24. The molecule has 0 saturated carbocycles. The Bertz CT molecular complexity index is 511. The average molecular weight is 285 g/mol. The van der Waals surface area contributed by atoms with E-state index in [1.165, 1.54) is 0 Å². The van der Waals surface area contributed by atoms with E-state index in [4.69, 9.17) is 28.3 Å². The van der Waals surface area contributed by atoms with Gasteiger partial charge in [0.15, 0.2) is 0 Å². The number of benzene rings is 2. The van der Waals surface area contributed by atoms with Crippen molar-refractivity contribution in [1.29, 1.82) is 0 Å². The lowest BCUT2D eigenvalue weighted by Gasteiger charge is -2.05. The Kier molecular flexibility index (Phi) is 4.35. The molecule has 0 aliphatic rings. The summed E-state index contributed by atoms with van der Waals surface area (Å²) < 4.78 is 0. The summed E-state index contributed by atoms with van der Waals surface area (Å²) in [5.41, 5.74) is 0.743.